The van der Waals surface area contributed by atoms with Crippen LogP contribution in [0.4, 0.5) is 14.9 Å². The summed E-state index contributed by atoms with van der Waals surface area (Å²) in [5.74, 6) is -1.44. The molecule has 0 aliphatic carbocycles. The van der Waals surface area contributed by atoms with Crippen LogP contribution in [0.15, 0.2) is 65.3 Å². The number of halogens is 1. The second kappa shape index (κ2) is 17.1. The van der Waals surface area contributed by atoms with Crippen molar-refractivity contribution in [1.29, 1.82) is 0 Å². The zero-order chi connectivity index (χ0) is 36.7. The molecule has 2 saturated heterocycles. The van der Waals surface area contributed by atoms with Crippen LogP contribution in [0.3, 0.4) is 0 Å². The van der Waals surface area contributed by atoms with E-state index in [1.54, 1.807) is 17.0 Å². The van der Waals surface area contributed by atoms with Crippen molar-refractivity contribution in [3.8, 4) is 0 Å². The van der Waals surface area contributed by atoms with Gasteiger partial charge in [0.05, 0.1) is 12.5 Å². The fraction of sp³-hybridized carbons (Fsp3) is 0.541. The number of carbonyl (C=O) groups excluding carboxylic acids is 2. The molecule has 3 aliphatic heterocycles. The number of ether oxygens (including phenoxy) is 2. The average molecular weight is 728 g/mol. The summed E-state index contributed by atoms with van der Waals surface area (Å²) in [6.45, 7) is 9.60. The largest absolute Gasteiger partial charge is 0.457 e. The van der Waals surface area contributed by atoms with E-state index >= 15 is 4.39 Å². The summed E-state index contributed by atoms with van der Waals surface area (Å²) in [4.78, 5) is 36.0. The van der Waals surface area contributed by atoms with Crippen molar-refractivity contribution in [3.05, 3.63) is 71.8 Å². The van der Waals surface area contributed by atoms with Crippen LogP contribution >= 0.6 is 0 Å². The number of cyclic esters (lactones) is 1. The third-order valence-corrected chi connectivity index (χ3v) is 11.8. The predicted octanol–water partition coefficient (Wildman–Crippen LogP) is 4.17. The Kier molecular flexibility index (Phi) is 12.9. The number of hydrogen-bond acceptors (Lipinski definition) is 10. The van der Waals surface area contributed by atoms with Gasteiger partial charge in [-0.3, -0.25) is 9.78 Å². The summed E-state index contributed by atoms with van der Waals surface area (Å²) in [6, 6.07) is 7.75. The smallest absolute Gasteiger partial charge is 0.410 e. The molecule has 12 nitrogen and oxygen atoms in total. The highest BCUT2D eigenvalue weighted by Crippen LogP contribution is 2.28. The number of likely N-dealkylation sites (N-methyl/N-ethyl adjacent to an activating group) is 1. The van der Waals surface area contributed by atoms with Gasteiger partial charge in [-0.2, -0.15) is 4.31 Å². The molecule has 1 aromatic heterocycles. The van der Waals surface area contributed by atoms with Gasteiger partial charge >= 0.3 is 12.1 Å². The van der Waals surface area contributed by atoms with Crippen LogP contribution < -0.4 is 4.90 Å². The Morgan fingerprint density at radius 1 is 1.04 bits per heavy atom. The zero-order valence-electron chi connectivity index (χ0n) is 29.9. The van der Waals surface area contributed by atoms with Gasteiger partial charge in [0.2, 0.25) is 10.0 Å². The fourth-order valence-corrected chi connectivity index (χ4v) is 8.06. The number of carbonyl (C=O) groups is 2. The Hall–Kier alpha value is -3.85. The van der Waals surface area contributed by atoms with Gasteiger partial charge in [0, 0.05) is 76.4 Å². The molecule has 2 fully saturated rings. The molecule has 2 aromatic rings. The van der Waals surface area contributed by atoms with Gasteiger partial charge in [-0.05, 0) is 80.3 Å². The standard InChI is InChI=1S/C37H50FN5O7S/c1-26-7-9-32(44)24-35(45)50-36(27(2)8-10-34(26)49-37(46)42-14-12-40(4)13-15-42)28(3)20-29-21-30(38)23-31(22-29)41-16-18-43(19-17-41)51(47,48)33-6-5-11-39-25-33/h5-6,8,10-11,20-23,25-27,32,34,36,44H,7,9,12-19,24H2,1-4H3/b10-8-,28-20+/t26-,27-,32+,34-,36-/m0/s1. The summed E-state index contributed by atoms with van der Waals surface area (Å²) < 4.78 is 54.5. The molecule has 0 saturated carbocycles. The lowest BCUT2D eigenvalue weighted by molar-refractivity contribution is -0.151. The lowest BCUT2D eigenvalue weighted by Gasteiger charge is -2.35. The quantitative estimate of drug-likeness (QED) is 0.342. The van der Waals surface area contributed by atoms with Crippen LogP contribution in [0.5, 0.6) is 0 Å². The lowest BCUT2D eigenvalue weighted by atomic mass is 9.91. The fourth-order valence-electron chi connectivity index (χ4n) is 6.67. The molecule has 5 rings (SSSR count). The lowest BCUT2D eigenvalue weighted by Crippen LogP contribution is -2.48. The van der Waals surface area contributed by atoms with E-state index in [1.165, 1.54) is 34.9 Å². The summed E-state index contributed by atoms with van der Waals surface area (Å²) in [5.41, 5.74) is 1.83. The SMILES string of the molecule is C/C(=C\c1cc(F)cc(N2CCN(S(=O)(=O)c3cccnc3)CC2)c1)[C@H]1OC(=O)C[C@H](O)CC[C@H](C)[C@@H](OC(=O)N2CCN(C)CC2)/C=C\[C@@H]1C. The zero-order valence-corrected chi connectivity index (χ0v) is 30.7. The number of rotatable bonds is 6. The topological polar surface area (TPSA) is 133 Å². The Morgan fingerprint density at radius 2 is 1.76 bits per heavy atom. The summed E-state index contributed by atoms with van der Waals surface area (Å²) in [5, 5.41) is 10.7. The van der Waals surface area contributed by atoms with E-state index < -0.39 is 40.1 Å². The monoisotopic (exact) mass is 727 g/mol. The number of sulfonamides is 1. The Labute approximate surface area is 300 Å². The van der Waals surface area contributed by atoms with Gasteiger partial charge < -0.3 is 29.3 Å². The third-order valence-electron chi connectivity index (χ3n) is 9.88. The van der Waals surface area contributed by atoms with Crippen LogP contribution in [0, 0.1) is 17.7 Å². The van der Waals surface area contributed by atoms with E-state index in [0.29, 0.717) is 55.8 Å². The normalized spacial score (nSPS) is 27.2. The number of hydrogen-bond donors (Lipinski definition) is 1. The van der Waals surface area contributed by atoms with Crippen molar-refractivity contribution in [1.82, 2.24) is 19.1 Å². The molecule has 0 unspecified atom stereocenters. The highest BCUT2D eigenvalue weighted by atomic mass is 32.2. The molecule has 51 heavy (non-hydrogen) atoms. The minimum Gasteiger partial charge on any atom is -0.457 e. The van der Waals surface area contributed by atoms with Gasteiger partial charge in [-0.1, -0.05) is 26.0 Å². The summed E-state index contributed by atoms with van der Waals surface area (Å²) in [7, 11) is -1.67. The first-order valence-corrected chi connectivity index (χ1v) is 19.1. The first kappa shape index (κ1) is 38.4. The number of aliphatic hydroxyl groups is 1. The summed E-state index contributed by atoms with van der Waals surface area (Å²) >= 11 is 0. The highest BCUT2D eigenvalue weighted by molar-refractivity contribution is 7.89. The number of piperazine rings is 2. The minimum atomic E-state index is -3.69. The maximum Gasteiger partial charge on any atom is 0.410 e. The molecule has 0 radical (unpaired) electrons. The number of amides is 1. The van der Waals surface area contributed by atoms with Gasteiger partial charge in [0.15, 0.2) is 0 Å². The number of anilines is 1. The first-order chi connectivity index (χ1) is 24.3. The second-order valence-electron chi connectivity index (χ2n) is 13.9. The summed E-state index contributed by atoms with van der Waals surface area (Å²) in [6.07, 6.45) is 6.51. The molecule has 3 aliphatic rings. The minimum absolute atomic E-state index is 0.104. The molecule has 0 spiro atoms. The van der Waals surface area contributed by atoms with E-state index in [1.807, 2.05) is 50.9 Å². The van der Waals surface area contributed by atoms with Gasteiger partial charge in [0.25, 0.3) is 0 Å². The molecule has 4 heterocycles. The van der Waals surface area contributed by atoms with Crippen molar-refractivity contribution < 1.29 is 37.0 Å². The van der Waals surface area contributed by atoms with Crippen molar-refractivity contribution in [2.75, 3.05) is 64.3 Å². The maximum absolute atomic E-state index is 15.0. The number of nitrogens with zero attached hydrogens (tertiary/aromatic N) is 5. The molecular weight excluding hydrogens is 678 g/mol. The number of benzene rings is 1. The molecule has 5 atom stereocenters. The molecule has 0 bridgehead atoms. The molecule has 1 aromatic carbocycles. The van der Waals surface area contributed by atoms with Crippen LogP contribution in [0.1, 0.15) is 45.6 Å². The second-order valence-corrected chi connectivity index (χ2v) is 15.9. The molecule has 14 heteroatoms. The highest BCUT2D eigenvalue weighted by Gasteiger charge is 2.31. The van der Waals surface area contributed by atoms with Crippen molar-refractivity contribution in [2.24, 2.45) is 11.8 Å². The Bertz CT molecular complexity index is 1680. The third kappa shape index (κ3) is 10.1. The van der Waals surface area contributed by atoms with E-state index in [4.69, 9.17) is 9.47 Å². The molecule has 1 N–H and O–H groups in total. The number of esters is 1. The van der Waals surface area contributed by atoms with Crippen LogP contribution in [-0.4, -0.2) is 122 Å². The van der Waals surface area contributed by atoms with Crippen LogP contribution in [-0.2, 0) is 24.3 Å². The number of pyridine rings is 1. The van der Waals surface area contributed by atoms with Crippen LogP contribution in [0.2, 0.25) is 0 Å². The average Bonchev–Trinajstić information content (AvgIpc) is 3.11. The van der Waals surface area contributed by atoms with Gasteiger partial charge in [-0.15, -0.1) is 0 Å². The van der Waals surface area contributed by atoms with E-state index in [9.17, 15) is 23.1 Å². The van der Waals surface area contributed by atoms with Gasteiger partial charge in [0.1, 0.15) is 22.9 Å². The number of aliphatic hydroxyl groups excluding tert-OH is 1. The Morgan fingerprint density at radius 3 is 2.45 bits per heavy atom. The number of aromatic nitrogens is 1. The molecular formula is C37H50FN5O7S. The van der Waals surface area contributed by atoms with Crippen molar-refractivity contribution in [3.63, 3.8) is 0 Å². The van der Waals surface area contributed by atoms with E-state index in [-0.39, 0.29) is 42.3 Å². The molecule has 278 valence electrons. The van der Waals surface area contributed by atoms with Crippen LogP contribution in [0.25, 0.3) is 6.08 Å². The Balaban J connectivity index is 1.32. The first-order valence-electron chi connectivity index (χ1n) is 17.6. The van der Waals surface area contributed by atoms with Crippen molar-refractivity contribution in [2.45, 2.75) is 63.2 Å². The van der Waals surface area contributed by atoms with E-state index in [2.05, 4.69) is 9.88 Å². The van der Waals surface area contributed by atoms with Gasteiger partial charge in [-0.25, -0.2) is 17.6 Å². The molecule has 1 amide bonds. The van der Waals surface area contributed by atoms with Crippen molar-refractivity contribution >= 4 is 33.8 Å². The predicted molar refractivity (Wildman–Crippen MR) is 192 cm³/mol. The van der Waals surface area contributed by atoms with E-state index in [0.717, 1.165) is 13.1 Å². The maximum atomic E-state index is 15.0.